The molecule has 0 unspecified atom stereocenters. The third-order valence-corrected chi connectivity index (χ3v) is 5.01. The highest BCUT2D eigenvalue weighted by molar-refractivity contribution is 6.12. The molecule has 25 heavy (non-hydrogen) atoms. The van der Waals surface area contributed by atoms with Crippen molar-refractivity contribution in [3.63, 3.8) is 0 Å². The number of rotatable bonds is 2. The normalized spacial score (nSPS) is 12.0. The van der Waals surface area contributed by atoms with Crippen molar-refractivity contribution in [1.29, 1.82) is 0 Å². The van der Waals surface area contributed by atoms with E-state index in [9.17, 15) is 0 Å². The van der Waals surface area contributed by atoms with Gasteiger partial charge in [0.2, 0.25) is 5.71 Å². The second-order valence-corrected chi connectivity index (χ2v) is 7.07. The summed E-state index contributed by atoms with van der Waals surface area (Å²) in [5, 5.41) is 12.0. The van der Waals surface area contributed by atoms with E-state index in [2.05, 4.69) is 56.1 Å². The van der Waals surface area contributed by atoms with Crippen molar-refractivity contribution < 1.29 is 4.42 Å². The second kappa shape index (κ2) is 6.17. The first-order valence-electron chi connectivity index (χ1n) is 9.09. The molecule has 0 fully saturated rings. The fraction of sp³-hybridized carbons (Fsp3) is 0.429. The minimum atomic E-state index is 0.0726. The zero-order chi connectivity index (χ0) is 18.4. The summed E-state index contributed by atoms with van der Waals surface area (Å²) in [4.78, 5) is 0. The van der Waals surface area contributed by atoms with Gasteiger partial charge in [0.25, 0.3) is 0 Å². The van der Waals surface area contributed by atoms with E-state index in [1.807, 2.05) is 25.2 Å². The minimum absolute atomic E-state index is 0.0726. The van der Waals surface area contributed by atoms with E-state index in [4.69, 9.17) is 4.42 Å². The van der Waals surface area contributed by atoms with Gasteiger partial charge < -0.3 is 4.42 Å². The van der Waals surface area contributed by atoms with E-state index in [1.54, 1.807) is 6.33 Å². The highest BCUT2D eigenvalue weighted by Gasteiger charge is 2.25. The monoisotopic (exact) mass is 337 g/mol. The summed E-state index contributed by atoms with van der Waals surface area (Å²) < 4.78 is 7.89. The fourth-order valence-corrected chi connectivity index (χ4v) is 3.39. The molecule has 0 atom stereocenters. The predicted octanol–water partition coefficient (Wildman–Crippen LogP) is 5.96. The molecule has 0 radical (unpaired) electrons. The highest BCUT2D eigenvalue weighted by Crippen LogP contribution is 2.39. The van der Waals surface area contributed by atoms with Crippen LogP contribution in [0.4, 0.5) is 0 Å². The smallest absolute Gasteiger partial charge is 0.214 e. The van der Waals surface area contributed by atoms with Crippen LogP contribution in [0.3, 0.4) is 0 Å². The maximum Gasteiger partial charge on any atom is 0.214 e. The minimum Gasteiger partial charge on any atom is -0.444 e. The summed E-state index contributed by atoms with van der Waals surface area (Å²) in [6.07, 6.45) is 2.80. The molecule has 0 aliphatic rings. The summed E-state index contributed by atoms with van der Waals surface area (Å²) in [6, 6.07) is 6.63. The van der Waals surface area contributed by atoms with Gasteiger partial charge in [0, 0.05) is 10.8 Å². The number of aryl methyl sites for hydroxylation is 2. The second-order valence-electron chi connectivity index (χ2n) is 7.07. The summed E-state index contributed by atoms with van der Waals surface area (Å²) in [6.45, 7) is 14.9. The van der Waals surface area contributed by atoms with Crippen LogP contribution in [0.2, 0.25) is 0 Å². The molecule has 4 aromatic rings. The summed E-state index contributed by atoms with van der Waals surface area (Å²) in [7, 11) is 0. The molecule has 4 rings (SSSR count). The Balaban J connectivity index is 0.000000880. The molecule has 0 aliphatic carbocycles. The van der Waals surface area contributed by atoms with Crippen LogP contribution in [0.1, 0.15) is 57.9 Å². The third-order valence-electron chi connectivity index (χ3n) is 5.01. The van der Waals surface area contributed by atoms with E-state index >= 15 is 0 Å². The molecular weight excluding hydrogens is 310 g/mol. The first kappa shape index (κ1) is 17.5. The lowest BCUT2D eigenvalue weighted by Gasteiger charge is -2.26. The van der Waals surface area contributed by atoms with Gasteiger partial charge in [-0.3, -0.25) is 4.40 Å². The lowest BCUT2D eigenvalue weighted by molar-refractivity contribution is 0.510. The molecule has 4 nitrogen and oxygen atoms in total. The number of hydrogen-bond donors (Lipinski definition) is 0. The lowest BCUT2D eigenvalue weighted by Crippen LogP contribution is -2.16. The zero-order valence-corrected chi connectivity index (χ0v) is 16.3. The van der Waals surface area contributed by atoms with Gasteiger partial charge in [0.1, 0.15) is 12.1 Å². The number of furan rings is 1. The average molecular weight is 337 g/mol. The van der Waals surface area contributed by atoms with E-state index < -0.39 is 0 Å². The Morgan fingerprint density at radius 3 is 2.48 bits per heavy atom. The quantitative estimate of drug-likeness (QED) is 0.453. The molecule has 0 amide bonds. The zero-order valence-electron chi connectivity index (χ0n) is 16.3. The van der Waals surface area contributed by atoms with Crippen molar-refractivity contribution in [2.24, 2.45) is 0 Å². The molecule has 0 spiro atoms. The lowest BCUT2D eigenvalue weighted by atomic mass is 9.79. The van der Waals surface area contributed by atoms with Crippen molar-refractivity contribution >= 4 is 27.5 Å². The molecule has 3 aromatic heterocycles. The maximum absolute atomic E-state index is 5.92. The Morgan fingerprint density at radius 2 is 1.80 bits per heavy atom. The Labute approximate surface area is 148 Å². The van der Waals surface area contributed by atoms with Crippen LogP contribution in [0.25, 0.3) is 27.5 Å². The number of pyridine rings is 1. The molecule has 132 valence electrons. The Hall–Kier alpha value is -2.36. The van der Waals surface area contributed by atoms with Crippen LogP contribution in [0, 0.1) is 13.8 Å². The average Bonchev–Trinajstić information content (AvgIpc) is 3.22. The molecule has 0 saturated heterocycles. The highest BCUT2D eigenvalue weighted by atomic mass is 16.3. The molecule has 0 bridgehead atoms. The maximum atomic E-state index is 5.92. The molecule has 4 heteroatoms. The van der Waals surface area contributed by atoms with Crippen molar-refractivity contribution in [1.82, 2.24) is 14.6 Å². The van der Waals surface area contributed by atoms with E-state index in [1.165, 1.54) is 21.9 Å². The topological polar surface area (TPSA) is 43.3 Å². The largest absolute Gasteiger partial charge is 0.444 e. The van der Waals surface area contributed by atoms with Gasteiger partial charge in [0.05, 0.1) is 0 Å². The van der Waals surface area contributed by atoms with Crippen LogP contribution in [-0.4, -0.2) is 14.6 Å². The number of fused-ring (bicyclic) bond motifs is 6. The SMILES string of the molecule is CC.CCC(C)(C)c1cc(C)cc2c3cc(C)oc3n3cnnc3c12. The van der Waals surface area contributed by atoms with Crippen LogP contribution < -0.4 is 0 Å². The van der Waals surface area contributed by atoms with Crippen molar-refractivity contribution in [3.8, 4) is 0 Å². The van der Waals surface area contributed by atoms with E-state index in [-0.39, 0.29) is 5.41 Å². The third kappa shape index (κ3) is 2.60. The van der Waals surface area contributed by atoms with Crippen LogP contribution in [-0.2, 0) is 5.41 Å². The molecule has 0 saturated carbocycles. The Kier molecular flexibility index (Phi) is 4.31. The first-order chi connectivity index (χ1) is 11.9. The number of nitrogens with zero attached hydrogens (tertiary/aromatic N) is 3. The van der Waals surface area contributed by atoms with Gasteiger partial charge in [0.15, 0.2) is 5.65 Å². The molecule has 1 aromatic carbocycles. The molecular formula is C21H27N3O. The molecule has 0 N–H and O–H groups in total. The summed E-state index contributed by atoms with van der Waals surface area (Å²) in [5.74, 6) is 0.903. The van der Waals surface area contributed by atoms with Crippen LogP contribution >= 0.6 is 0 Å². The first-order valence-corrected chi connectivity index (χ1v) is 9.09. The predicted molar refractivity (Wildman–Crippen MR) is 104 cm³/mol. The molecule has 3 heterocycles. The van der Waals surface area contributed by atoms with E-state index in [0.717, 1.165) is 28.9 Å². The van der Waals surface area contributed by atoms with Gasteiger partial charge in [-0.15, -0.1) is 10.2 Å². The Morgan fingerprint density at radius 1 is 1.08 bits per heavy atom. The fourth-order valence-electron chi connectivity index (χ4n) is 3.39. The number of aromatic nitrogens is 3. The van der Waals surface area contributed by atoms with Crippen LogP contribution in [0.5, 0.6) is 0 Å². The standard InChI is InChI=1S/C19H21N3O.C2H6/c1-6-19(4,5)15-8-11(2)7-13-14-9-12(3)23-18(14)22-10-20-21-17(22)16(13)15;1-2/h7-10H,6H2,1-5H3;1-2H3. The summed E-state index contributed by atoms with van der Waals surface area (Å²) in [5.41, 5.74) is 4.36. The van der Waals surface area contributed by atoms with Crippen molar-refractivity contribution in [3.05, 3.63) is 41.4 Å². The van der Waals surface area contributed by atoms with Gasteiger partial charge in [-0.1, -0.05) is 52.3 Å². The number of benzene rings is 1. The van der Waals surface area contributed by atoms with E-state index in [0.29, 0.717) is 0 Å². The Bertz CT molecular complexity index is 1050. The molecule has 0 aliphatic heterocycles. The number of hydrogen-bond acceptors (Lipinski definition) is 3. The van der Waals surface area contributed by atoms with Crippen molar-refractivity contribution in [2.75, 3.05) is 0 Å². The van der Waals surface area contributed by atoms with Gasteiger partial charge in [-0.2, -0.15) is 0 Å². The van der Waals surface area contributed by atoms with Crippen LogP contribution in [0.15, 0.2) is 28.9 Å². The summed E-state index contributed by atoms with van der Waals surface area (Å²) >= 11 is 0. The van der Waals surface area contributed by atoms with Gasteiger partial charge in [-0.25, -0.2) is 0 Å². The van der Waals surface area contributed by atoms with Crippen molar-refractivity contribution in [2.45, 2.75) is 60.3 Å². The van der Waals surface area contributed by atoms with Gasteiger partial charge in [-0.05, 0) is 42.7 Å². The van der Waals surface area contributed by atoms with Gasteiger partial charge >= 0.3 is 0 Å².